The molecule has 0 aliphatic heterocycles. The zero-order valence-corrected chi connectivity index (χ0v) is 12.3. The summed E-state index contributed by atoms with van der Waals surface area (Å²) in [6, 6.07) is 16.1. The number of para-hydroxylation sites is 1. The summed E-state index contributed by atoms with van der Waals surface area (Å²) in [6.45, 7) is 0. The van der Waals surface area contributed by atoms with Gasteiger partial charge in [0.05, 0.1) is 16.7 Å². The van der Waals surface area contributed by atoms with E-state index in [2.05, 4.69) is 10.5 Å². The Morgan fingerprint density at radius 1 is 1.17 bits per heavy atom. The fourth-order valence-electron chi connectivity index (χ4n) is 2.56. The summed E-state index contributed by atoms with van der Waals surface area (Å²) in [7, 11) is 0. The highest BCUT2D eigenvalue weighted by Crippen LogP contribution is 2.47. The van der Waals surface area contributed by atoms with Crippen LogP contribution in [0.3, 0.4) is 0 Å². The lowest BCUT2D eigenvalue weighted by Crippen LogP contribution is -2.20. The second kappa shape index (κ2) is 6.39. The molecule has 0 bridgehead atoms. The quantitative estimate of drug-likeness (QED) is 0.523. The number of amides is 1. The largest absolute Gasteiger partial charge is 0.278 e. The molecule has 2 aromatic rings. The average Bonchev–Trinajstić information content (AvgIpc) is 3.36. The van der Waals surface area contributed by atoms with Crippen molar-refractivity contribution < 1.29 is 9.72 Å². The molecule has 1 N–H and O–H groups in total. The molecule has 2 unspecified atom stereocenters. The molecular formula is C17H15N3O3. The zero-order chi connectivity index (χ0) is 16.2. The first-order chi connectivity index (χ1) is 11.2. The molecule has 1 aliphatic rings. The maximum absolute atomic E-state index is 12.0. The molecule has 0 spiro atoms. The van der Waals surface area contributed by atoms with Crippen molar-refractivity contribution in [1.29, 1.82) is 0 Å². The maximum Gasteiger partial charge on any atom is 0.278 e. The van der Waals surface area contributed by atoms with Gasteiger partial charge in [0.25, 0.3) is 5.69 Å². The molecule has 1 saturated carbocycles. The first-order valence-corrected chi connectivity index (χ1v) is 7.28. The molecule has 2 atom stereocenters. The second-order valence-electron chi connectivity index (χ2n) is 5.41. The van der Waals surface area contributed by atoms with E-state index in [4.69, 9.17) is 0 Å². The molecule has 6 nitrogen and oxygen atoms in total. The van der Waals surface area contributed by atoms with E-state index in [9.17, 15) is 14.9 Å². The normalized spacial score (nSPS) is 19.5. The van der Waals surface area contributed by atoms with Gasteiger partial charge < -0.3 is 0 Å². The summed E-state index contributed by atoms with van der Waals surface area (Å²) in [5.41, 5.74) is 3.93. The number of hydrazone groups is 1. The third-order valence-electron chi connectivity index (χ3n) is 3.87. The van der Waals surface area contributed by atoms with E-state index >= 15 is 0 Å². The Morgan fingerprint density at radius 2 is 1.87 bits per heavy atom. The molecule has 2 aromatic carbocycles. The van der Waals surface area contributed by atoms with Gasteiger partial charge in [0, 0.05) is 12.0 Å². The molecule has 0 radical (unpaired) electrons. The molecule has 0 heterocycles. The van der Waals surface area contributed by atoms with Crippen molar-refractivity contribution in [3.63, 3.8) is 0 Å². The summed E-state index contributed by atoms with van der Waals surface area (Å²) in [4.78, 5) is 22.5. The predicted molar refractivity (Wildman–Crippen MR) is 86.1 cm³/mol. The van der Waals surface area contributed by atoms with Gasteiger partial charge in [0.2, 0.25) is 5.91 Å². The van der Waals surface area contributed by atoms with Crippen molar-refractivity contribution in [2.24, 2.45) is 11.0 Å². The molecule has 1 amide bonds. The monoisotopic (exact) mass is 309 g/mol. The summed E-state index contributed by atoms with van der Waals surface area (Å²) < 4.78 is 0. The van der Waals surface area contributed by atoms with Gasteiger partial charge in [0.15, 0.2) is 0 Å². The highest BCUT2D eigenvalue weighted by Gasteiger charge is 2.43. The summed E-state index contributed by atoms with van der Waals surface area (Å²) >= 11 is 0. The smallest absolute Gasteiger partial charge is 0.273 e. The minimum Gasteiger partial charge on any atom is -0.273 e. The van der Waals surface area contributed by atoms with E-state index in [0.717, 1.165) is 12.0 Å². The number of hydrogen-bond acceptors (Lipinski definition) is 4. The number of carbonyl (C=O) groups is 1. The lowest BCUT2D eigenvalue weighted by atomic mass is 10.1. The van der Waals surface area contributed by atoms with Crippen molar-refractivity contribution in [2.75, 3.05) is 0 Å². The topological polar surface area (TPSA) is 84.6 Å². The van der Waals surface area contributed by atoms with E-state index in [0.29, 0.717) is 5.56 Å². The summed E-state index contributed by atoms with van der Waals surface area (Å²) in [5, 5.41) is 14.7. The number of hydrogen-bond donors (Lipinski definition) is 1. The van der Waals surface area contributed by atoms with Crippen LogP contribution in [0.2, 0.25) is 0 Å². The number of rotatable bonds is 5. The third-order valence-corrected chi connectivity index (χ3v) is 3.87. The van der Waals surface area contributed by atoms with Crippen LogP contribution in [0.4, 0.5) is 5.69 Å². The Hall–Kier alpha value is -3.02. The zero-order valence-electron chi connectivity index (χ0n) is 12.3. The SMILES string of the molecule is O=C(NN=Cc1ccccc1[N+](=O)[O-])C1CC1c1ccccc1. The van der Waals surface area contributed by atoms with Crippen molar-refractivity contribution in [3.8, 4) is 0 Å². The van der Waals surface area contributed by atoms with Gasteiger partial charge in [-0.3, -0.25) is 14.9 Å². The Kier molecular flexibility index (Phi) is 4.14. The first kappa shape index (κ1) is 14.9. The van der Waals surface area contributed by atoms with Gasteiger partial charge in [-0.2, -0.15) is 5.10 Å². The van der Waals surface area contributed by atoms with Crippen LogP contribution in [0.15, 0.2) is 59.7 Å². The number of nitrogens with zero attached hydrogens (tertiary/aromatic N) is 2. The van der Waals surface area contributed by atoms with Gasteiger partial charge in [-0.1, -0.05) is 42.5 Å². The van der Waals surface area contributed by atoms with Gasteiger partial charge in [-0.05, 0) is 24.0 Å². The molecule has 116 valence electrons. The fourth-order valence-corrected chi connectivity index (χ4v) is 2.56. The number of nitrogens with one attached hydrogen (secondary N) is 1. The predicted octanol–water partition coefficient (Wildman–Crippen LogP) is 2.85. The van der Waals surface area contributed by atoms with Crippen molar-refractivity contribution >= 4 is 17.8 Å². The molecule has 0 aromatic heterocycles. The standard InChI is InChI=1S/C17H15N3O3/c21-17(15-10-14(15)12-6-2-1-3-7-12)19-18-11-13-8-4-5-9-16(13)20(22)23/h1-9,11,14-15H,10H2,(H,19,21). The van der Waals surface area contributed by atoms with Crippen LogP contribution in [-0.4, -0.2) is 17.0 Å². The number of nitro benzene ring substituents is 1. The van der Waals surface area contributed by atoms with E-state index in [1.807, 2.05) is 30.3 Å². The molecule has 1 fully saturated rings. The van der Waals surface area contributed by atoms with Crippen LogP contribution in [0, 0.1) is 16.0 Å². The van der Waals surface area contributed by atoms with Crippen molar-refractivity contribution in [2.45, 2.75) is 12.3 Å². The van der Waals surface area contributed by atoms with Crippen LogP contribution in [-0.2, 0) is 4.79 Å². The Balaban J connectivity index is 1.59. The van der Waals surface area contributed by atoms with Crippen molar-refractivity contribution in [1.82, 2.24) is 5.43 Å². The average molecular weight is 309 g/mol. The Morgan fingerprint density at radius 3 is 2.61 bits per heavy atom. The van der Waals surface area contributed by atoms with Crippen LogP contribution in [0.5, 0.6) is 0 Å². The van der Waals surface area contributed by atoms with Gasteiger partial charge >= 0.3 is 0 Å². The highest BCUT2D eigenvalue weighted by atomic mass is 16.6. The van der Waals surface area contributed by atoms with E-state index in [-0.39, 0.29) is 23.4 Å². The second-order valence-corrected chi connectivity index (χ2v) is 5.41. The number of carbonyl (C=O) groups excluding carboxylic acids is 1. The minimum atomic E-state index is -0.477. The fraction of sp³-hybridized carbons (Fsp3) is 0.176. The van der Waals surface area contributed by atoms with E-state index in [1.165, 1.54) is 12.3 Å². The van der Waals surface area contributed by atoms with Gasteiger partial charge in [0.1, 0.15) is 0 Å². The van der Waals surface area contributed by atoms with Gasteiger partial charge in [-0.25, -0.2) is 5.43 Å². The van der Waals surface area contributed by atoms with Crippen LogP contribution < -0.4 is 5.43 Å². The van der Waals surface area contributed by atoms with E-state index < -0.39 is 4.92 Å². The summed E-state index contributed by atoms with van der Waals surface area (Å²) in [6.07, 6.45) is 2.10. The Bertz CT molecular complexity index is 759. The number of nitro groups is 1. The van der Waals surface area contributed by atoms with Crippen LogP contribution >= 0.6 is 0 Å². The van der Waals surface area contributed by atoms with E-state index in [1.54, 1.807) is 18.2 Å². The third kappa shape index (κ3) is 3.42. The molecule has 3 rings (SSSR count). The molecule has 1 aliphatic carbocycles. The molecule has 6 heteroatoms. The molecule has 23 heavy (non-hydrogen) atoms. The Labute approximate surface area is 133 Å². The number of benzene rings is 2. The minimum absolute atomic E-state index is 0.0425. The van der Waals surface area contributed by atoms with Crippen LogP contribution in [0.25, 0.3) is 0 Å². The van der Waals surface area contributed by atoms with Crippen molar-refractivity contribution in [3.05, 3.63) is 75.8 Å². The first-order valence-electron chi connectivity index (χ1n) is 7.28. The molecule has 0 saturated heterocycles. The van der Waals surface area contributed by atoms with Crippen LogP contribution in [0.1, 0.15) is 23.5 Å². The highest BCUT2D eigenvalue weighted by molar-refractivity contribution is 5.88. The lowest BCUT2D eigenvalue weighted by Gasteiger charge is -2.00. The lowest BCUT2D eigenvalue weighted by molar-refractivity contribution is -0.385. The van der Waals surface area contributed by atoms with Gasteiger partial charge in [-0.15, -0.1) is 0 Å². The summed E-state index contributed by atoms with van der Waals surface area (Å²) in [5.74, 6) is -0.00791. The molecular weight excluding hydrogens is 294 g/mol. The maximum atomic E-state index is 12.0.